The molecule has 53 heavy (non-hydrogen) atoms. The van der Waals surface area contributed by atoms with Crippen molar-refractivity contribution in [3.8, 4) is 28.3 Å². The SMILES string of the molecule is c1ccc(-c2ccc3c(c2)sc2c(-c4ccc5c(c4)oc4ccccc45)nc(-n4c5ccc6ccccc6c5c5c6ccccc6ccc54)nc23)cc1. The summed E-state index contributed by atoms with van der Waals surface area (Å²) in [6.07, 6.45) is 0. The number of hydrogen-bond acceptors (Lipinski definition) is 4. The Kier molecular flexibility index (Phi) is 5.90. The Bertz CT molecular complexity index is 3370. The number of para-hydroxylation sites is 1. The van der Waals surface area contributed by atoms with Crippen LogP contribution in [0.4, 0.5) is 0 Å². The lowest BCUT2D eigenvalue weighted by atomic mass is 10.00. The maximum Gasteiger partial charge on any atom is 0.235 e. The molecule has 246 valence electrons. The third-order valence-corrected chi connectivity index (χ3v) is 12.0. The van der Waals surface area contributed by atoms with Crippen LogP contribution in [0.1, 0.15) is 0 Å². The van der Waals surface area contributed by atoms with Gasteiger partial charge in [0.1, 0.15) is 11.2 Å². The van der Waals surface area contributed by atoms with Crippen LogP contribution in [0.2, 0.25) is 0 Å². The number of rotatable bonds is 3. The number of fused-ring (bicyclic) bond motifs is 13. The molecule has 0 saturated heterocycles. The first kappa shape index (κ1) is 28.8. The fourth-order valence-corrected chi connectivity index (χ4v) is 9.57. The van der Waals surface area contributed by atoms with Crippen LogP contribution >= 0.6 is 11.3 Å². The average molecular weight is 694 g/mol. The molecule has 12 aromatic rings. The Morgan fingerprint density at radius 1 is 0.453 bits per heavy atom. The highest BCUT2D eigenvalue weighted by molar-refractivity contribution is 7.26. The maximum atomic E-state index is 6.40. The molecular weight excluding hydrogens is 667 g/mol. The van der Waals surface area contributed by atoms with E-state index >= 15 is 0 Å². The third kappa shape index (κ3) is 4.17. The van der Waals surface area contributed by atoms with Crippen molar-refractivity contribution >= 4 is 96.9 Å². The smallest absolute Gasteiger partial charge is 0.235 e. The van der Waals surface area contributed by atoms with Gasteiger partial charge in [-0.1, -0.05) is 127 Å². The summed E-state index contributed by atoms with van der Waals surface area (Å²) in [4.78, 5) is 11.0. The van der Waals surface area contributed by atoms with Crippen molar-refractivity contribution in [2.45, 2.75) is 0 Å². The van der Waals surface area contributed by atoms with E-state index in [1.165, 1.54) is 48.1 Å². The number of hydrogen-bond donors (Lipinski definition) is 0. The van der Waals surface area contributed by atoms with Crippen LogP contribution in [0.3, 0.4) is 0 Å². The molecule has 0 amide bonds. The van der Waals surface area contributed by atoms with E-state index in [9.17, 15) is 0 Å². The molecule has 0 radical (unpaired) electrons. The second kappa shape index (κ2) is 10.8. The molecule has 0 aliphatic rings. The Morgan fingerprint density at radius 2 is 1.08 bits per heavy atom. The summed E-state index contributed by atoms with van der Waals surface area (Å²) in [7, 11) is 0. The minimum Gasteiger partial charge on any atom is -0.456 e. The molecule has 0 N–H and O–H groups in total. The molecule has 4 aromatic heterocycles. The zero-order chi connectivity index (χ0) is 34.6. The Hall–Kier alpha value is -6.82. The topological polar surface area (TPSA) is 43.9 Å². The van der Waals surface area contributed by atoms with Crippen LogP contribution in [0.5, 0.6) is 0 Å². The molecule has 5 heteroatoms. The molecule has 0 spiro atoms. The molecular formula is C48H27N3OS. The zero-order valence-electron chi connectivity index (χ0n) is 28.2. The molecule has 0 aliphatic heterocycles. The largest absolute Gasteiger partial charge is 0.456 e. The minimum absolute atomic E-state index is 0.648. The van der Waals surface area contributed by atoms with Gasteiger partial charge in [-0.25, -0.2) is 9.97 Å². The predicted octanol–water partition coefficient (Wildman–Crippen LogP) is 13.5. The molecule has 0 unspecified atom stereocenters. The number of thiophene rings is 1. The van der Waals surface area contributed by atoms with Gasteiger partial charge in [0.25, 0.3) is 0 Å². The first-order chi connectivity index (χ1) is 26.3. The number of aromatic nitrogens is 3. The van der Waals surface area contributed by atoms with Gasteiger partial charge in [-0.15, -0.1) is 11.3 Å². The summed E-state index contributed by atoms with van der Waals surface area (Å²) >= 11 is 1.75. The first-order valence-electron chi connectivity index (χ1n) is 17.8. The number of furan rings is 1. The van der Waals surface area contributed by atoms with E-state index in [1.807, 2.05) is 12.1 Å². The van der Waals surface area contributed by atoms with Crippen molar-refractivity contribution in [1.29, 1.82) is 0 Å². The lowest BCUT2D eigenvalue weighted by molar-refractivity contribution is 0.669. The van der Waals surface area contributed by atoms with E-state index in [4.69, 9.17) is 14.4 Å². The Morgan fingerprint density at radius 3 is 1.83 bits per heavy atom. The lowest BCUT2D eigenvalue weighted by Gasteiger charge is -2.10. The summed E-state index contributed by atoms with van der Waals surface area (Å²) in [6, 6.07) is 58.3. The quantitative estimate of drug-likeness (QED) is 0.185. The Balaban J connectivity index is 1.20. The van der Waals surface area contributed by atoms with Crippen molar-refractivity contribution in [3.63, 3.8) is 0 Å². The van der Waals surface area contributed by atoms with Crippen molar-refractivity contribution in [1.82, 2.24) is 14.5 Å². The third-order valence-electron chi connectivity index (χ3n) is 10.8. The van der Waals surface area contributed by atoms with Crippen LogP contribution in [0.25, 0.3) is 114 Å². The van der Waals surface area contributed by atoms with Crippen molar-refractivity contribution in [2.24, 2.45) is 0 Å². The van der Waals surface area contributed by atoms with Gasteiger partial charge in [0.15, 0.2) is 0 Å². The highest BCUT2D eigenvalue weighted by Gasteiger charge is 2.23. The average Bonchev–Trinajstić information content (AvgIpc) is 3.90. The van der Waals surface area contributed by atoms with Crippen LogP contribution in [-0.4, -0.2) is 14.5 Å². The molecule has 0 atom stereocenters. The van der Waals surface area contributed by atoms with Crippen LogP contribution in [0, 0.1) is 0 Å². The Labute approximate surface area is 306 Å². The monoisotopic (exact) mass is 693 g/mol. The fourth-order valence-electron chi connectivity index (χ4n) is 8.37. The highest BCUT2D eigenvalue weighted by Crippen LogP contribution is 2.44. The van der Waals surface area contributed by atoms with Crippen molar-refractivity contribution in [2.75, 3.05) is 0 Å². The summed E-state index contributed by atoms with van der Waals surface area (Å²) in [5, 5.41) is 10.6. The molecule has 0 fully saturated rings. The fraction of sp³-hybridized carbons (Fsp3) is 0. The van der Waals surface area contributed by atoms with Gasteiger partial charge >= 0.3 is 0 Å². The van der Waals surface area contributed by atoms with Crippen LogP contribution in [0.15, 0.2) is 168 Å². The molecule has 8 aromatic carbocycles. The number of nitrogens with zero attached hydrogens (tertiary/aromatic N) is 3. The van der Waals surface area contributed by atoms with E-state index in [0.29, 0.717) is 5.95 Å². The summed E-state index contributed by atoms with van der Waals surface area (Å²) in [5.74, 6) is 0.648. The number of benzene rings is 8. The lowest BCUT2D eigenvalue weighted by Crippen LogP contribution is -2.02. The van der Waals surface area contributed by atoms with Gasteiger partial charge in [-0.3, -0.25) is 4.57 Å². The minimum atomic E-state index is 0.648. The standard InChI is InChI=1S/C48H27N3OS/c1-2-10-28(11-3-1)31-18-23-37-42(27-31)53-47-45(32-19-22-36-35-16-8-9-17-40(35)52-41(36)26-32)49-48(50-46(37)47)51-38-24-20-29-12-4-6-14-33(29)43(38)44-34-15-7-5-13-30(34)21-25-39(44)51/h1-27H. The van der Waals surface area contributed by atoms with E-state index in [-0.39, 0.29) is 0 Å². The van der Waals surface area contributed by atoms with E-state index in [2.05, 4.69) is 156 Å². The van der Waals surface area contributed by atoms with Gasteiger partial charge in [-0.05, 0) is 69.1 Å². The maximum absolute atomic E-state index is 6.40. The summed E-state index contributed by atoms with van der Waals surface area (Å²) in [6.45, 7) is 0. The second-order valence-electron chi connectivity index (χ2n) is 13.7. The van der Waals surface area contributed by atoms with Gasteiger partial charge < -0.3 is 4.42 Å². The summed E-state index contributed by atoms with van der Waals surface area (Å²) in [5.41, 5.74) is 9.11. The van der Waals surface area contributed by atoms with E-state index < -0.39 is 0 Å². The normalized spacial score (nSPS) is 12.2. The second-order valence-corrected chi connectivity index (χ2v) is 14.8. The summed E-state index contributed by atoms with van der Waals surface area (Å²) < 4.78 is 10.9. The van der Waals surface area contributed by atoms with E-state index in [1.54, 1.807) is 11.3 Å². The molecule has 0 aliphatic carbocycles. The molecule has 4 heterocycles. The zero-order valence-corrected chi connectivity index (χ0v) is 29.1. The first-order valence-corrected chi connectivity index (χ1v) is 18.6. The molecule has 0 saturated carbocycles. The predicted molar refractivity (Wildman–Crippen MR) is 222 cm³/mol. The van der Waals surface area contributed by atoms with Crippen molar-refractivity contribution < 1.29 is 4.42 Å². The molecule has 12 rings (SSSR count). The van der Waals surface area contributed by atoms with Crippen molar-refractivity contribution in [3.05, 3.63) is 164 Å². The molecule has 4 nitrogen and oxygen atoms in total. The van der Waals surface area contributed by atoms with Gasteiger partial charge in [-0.2, -0.15) is 0 Å². The highest BCUT2D eigenvalue weighted by atomic mass is 32.1. The van der Waals surface area contributed by atoms with E-state index in [0.717, 1.165) is 59.8 Å². The van der Waals surface area contributed by atoms with Gasteiger partial charge in [0.05, 0.1) is 26.9 Å². The van der Waals surface area contributed by atoms with Crippen LogP contribution in [-0.2, 0) is 0 Å². The van der Waals surface area contributed by atoms with Crippen LogP contribution < -0.4 is 0 Å². The van der Waals surface area contributed by atoms with Gasteiger partial charge in [0.2, 0.25) is 5.95 Å². The molecule has 0 bridgehead atoms. The van der Waals surface area contributed by atoms with Gasteiger partial charge in [0, 0.05) is 37.2 Å².